The summed E-state index contributed by atoms with van der Waals surface area (Å²) < 4.78 is 57.7. The maximum Gasteiger partial charge on any atom is 0.437 e. The summed E-state index contributed by atoms with van der Waals surface area (Å²) >= 11 is 0. The number of halogens is 4. The molecule has 1 aliphatic rings. The molecule has 24 heavy (non-hydrogen) atoms. The topological polar surface area (TPSA) is 87.7 Å². The Morgan fingerprint density at radius 3 is 2.42 bits per heavy atom. The zero-order valence-corrected chi connectivity index (χ0v) is 12.4. The lowest BCUT2D eigenvalue weighted by Gasteiger charge is -2.44. The van der Waals surface area contributed by atoms with E-state index >= 15 is 0 Å². The van der Waals surface area contributed by atoms with E-state index in [1.807, 2.05) is 0 Å². The van der Waals surface area contributed by atoms with Crippen LogP contribution in [0.15, 0.2) is 24.3 Å². The van der Waals surface area contributed by atoms with Gasteiger partial charge in [-0.05, 0) is 24.6 Å². The van der Waals surface area contributed by atoms with E-state index in [9.17, 15) is 32.3 Å². The molecular weight excluding hydrogens is 336 g/mol. The molecule has 132 valence electrons. The number of benzene rings is 1. The number of amides is 2. The average molecular weight is 350 g/mol. The minimum Gasteiger partial charge on any atom is -0.466 e. The first-order chi connectivity index (χ1) is 11.1. The number of ether oxygens (including phenoxy) is 1. The Morgan fingerprint density at radius 2 is 1.92 bits per heavy atom. The molecule has 1 fully saturated rings. The van der Waals surface area contributed by atoms with Gasteiger partial charge in [-0.1, -0.05) is 12.1 Å². The quantitative estimate of drug-likeness (QED) is 0.571. The largest absolute Gasteiger partial charge is 0.466 e. The molecule has 1 aliphatic heterocycles. The highest BCUT2D eigenvalue weighted by atomic mass is 19.4. The highest BCUT2D eigenvalue weighted by molar-refractivity contribution is 5.83. The van der Waals surface area contributed by atoms with Gasteiger partial charge in [-0.2, -0.15) is 13.2 Å². The van der Waals surface area contributed by atoms with E-state index in [0.29, 0.717) is 0 Å². The van der Waals surface area contributed by atoms with Crippen molar-refractivity contribution in [3.63, 3.8) is 0 Å². The van der Waals surface area contributed by atoms with Crippen LogP contribution in [-0.4, -0.2) is 35.6 Å². The van der Waals surface area contributed by atoms with E-state index in [-0.39, 0.29) is 12.2 Å². The second kappa shape index (κ2) is 6.27. The molecule has 0 aromatic heterocycles. The minimum atomic E-state index is -5.35. The minimum absolute atomic E-state index is 0.00646. The molecule has 0 bridgehead atoms. The predicted molar refractivity (Wildman–Crippen MR) is 71.9 cm³/mol. The third-order valence-corrected chi connectivity index (χ3v) is 3.58. The number of alkyl halides is 3. The standard InChI is InChI=1S/C14H14F4N2O4/c1-2-24-11(21)9-10(7-3-5-8(15)6-4-7)19-12(22)20-13(9,23)14(16,17)18/h3-6,9-10,23H,2H2,1H3,(H2,19,20,22)/t9-,10-,13-/m1/s1. The van der Waals surface area contributed by atoms with Gasteiger partial charge in [-0.3, -0.25) is 4.79 Å². The summed E-state index contributed by atoms with van der Waals surface area (Å²) in [5.41, 5.74) is -3.83. The molecule has 3 N–H and O–H groups in total. The summed E-state index contributed by atoms with van der Waals surface area (Å²) in [6.45, 7) is 1.15. The number of urea groups is 1. The van der Waals surface area contributed by atoms with Crippen molar-refractivity contribution in [2.24, 2.45) is 5.92 Å². The van der Waals surface area contributed by atoms with Gasteiger partial charge in [-0.25, -0.2) is 9.18 Å². The highest BCUT2D eigenvalue weighted by Crippen LogP contribution is 2.43. The Morgan fingerprint density at radius 1 is 1.33 bits per heavy atom. The van der Waals surface area contributed by atoms with E-state index in [1.54, 1.807) is 0 Å². The molecule has 0 spiro atoms. The fourth-order valence-corrected chi connectivity index (χ4v) is 2.48. The summed E-state index contributed by atoms with van der Waals surface area (Å²) in [6.07, 6.45) is -5.35. The molecule has 3 atom stereocenters. The van der Waals surface area contributed by atoms with Crippen LogP contribution in [0.1, 0.15) is 18.5 Å². The van der Waals surface area contributed by atoms with Crippen LogP contribution in [-0.2, 0) is 9.53 Å². The van der Waals surface area contributed by atoms with E-state index in [1.165, 1.54) is 12.2 Å². The van der Waals surface area contributed by atoms with E-state index in [0.717, 1.165) is 24.3 Å². The van der Waals surface area contributed by atoms with E-state index in [2.05, 4.69) is 10.1 Å². The van der Waals surface area contributed by atoms with Crippen molar-refractivity contribution in [1.82, 2.24) is 10.6 Å². The third kappa shape index (κ3) is 3.14. The maximum atomic E-state index is 13.3. The highest BCUT2D eigenvalue weighted by Gasteiger charge is 2.67. The summed E-state index contributed by atoms with van der Waals surface area (Å²) in [4.78, 5) is 23.7. The van der Waals surface area contributed by atoms with E-state index in [4.69, 9.17) is 0 Å². The maximum absolute atomic E-state index is 13.3. The molecule has 1 saturated heterocycles. The normalized spacial score (nSPS) is 27.2. The lowest BCUT2D eigenvalue weighted by atomic mass is 9.82. The van der Waals surface area contributed by atoms with Gasteiger partial charge in [-0.15, -0.1) is 0 Å². The van der Waals surface area contributed by atoms with Crippen molar-refractivity contribution in [2.75, 3.05) is 6.61 Å². The third-order valence-electron chi connectivity index (χ3n) is 3.58. The second-order valence-electron chi connectivity index (χ2n) is 5.12. The van der Waals surface area contributed by atoms with Gasteiger partial charge in [0, 0.05) is 0 Å². The molecular formula is C14H14F4N2O4. The van der Waals surface area contributed by atoms with Crippen LogP contribution >= 0.6 is 0 Å². The number of nitrogens with one attached hydrogen (secondary N) is 2. The smallest absolute Gasteiger partial charge is 0.437 e. The SMILES string of the molecule is CCOC(=O)[C@H]1[C@@H](c2ccc(F)cc2)NC(=O)N[C@]1(O)C(F)(F)F. The number of aliphatic hydroxyl groups is 1. The van der Waals surface area contributed by atoms with Gasteiger partial charge < -0.3 is 20.5 Å². The zero-order chi connectivity index (χ0) is 18.1. The summed E-state index contributed by atoms with van der Waals surface area (Å²) in [7, 11) is 0. The number of hydrogen-bond donors (Lipinski definition) is 3. The monoisotopic (exact) mass is 350 g/mol. The summed E-state index contributed by atoms with van der Waals surface area (Å²) in [5.74, 6) is -4.24. The number of carbonyl (C=O) groups is 2. The number of esters is 1. The fourth-order valence-electron chi connectivity index (χ4n) is 2.48. The van der Waals surface area contributed by atoms with Crippen molar-refractivity contribution < 1.29 is 37.0 Å². The number of carbonyl (C=O) groups excluding carboxylic acids is 2. The van der Waals surface area contributed by atoms with Crippen LogP contribution in [0.3, 0.4) is 0 Å². The van der Waals surface area contributed by atoms with Gasteiger partial charge >= 0.3 is 18.2 Å². The van der Waals surface area contributed by atoms with Gasteiger partial charge in [0.05, 0.1) is 12.6 Å². The van der Waals surface area contributed by atoms with Crippen molar-refractivity contribution in [2.45, 2.75) is 24.9 Å². The van der Waals surface area contributed by atoms with Crippen molar-refractivity contribution in [3.05, 3.63) is 35.6 Å². The predicted octanol–water partition coefficient (Wildman–Crippen LogP) is 1.61. The molecule has 10 heteroatoms. The number of rotatable bonds is 3. The van der Waals surface area contributed by atoms with Crippen LogP contribution in [0.2, 0.25) is 0 Å². The molecule has 6 nitrogen and oxygen atoms in total. The first kappa shape index (κ1) is 18.0. The van der Waals surface area contributed by atoms with Crippen LogP contribution in [0.4, 0.5) is 22.4 Å². The van der Waals surface area contributed by atoms with Gasteiger partial charge in [0.25, 0.3) is 5.72 Å². The fraction of sp³-hybridized carbons (Fsp3) is 0.429. The zero-order valence-electron chi connectivity index (χ0n) is 12.4. The van der Waals surface area contributed by atoms with E-state index < -0.39 is 41.7 Å². The van der Waals surface area contributed by atoms with Gasteiger partial charge in [0.1, 0.15) is 11.7 Å². The molecule has 1 aromatic rings. The molecule has 0 unspecified atom stereocenters. The molecule has 0 aliphatic carbocycles. The van der Waals surface area contributed by atoms with Crippen molar-refractivity contribution >= 4 is 12.0 Å². The summed E-state index contributed by atoms with van der Waals surface area (Å²) in [5, 5.41) is 13.5. The van der Waals surface area contributed by atoms with Crippen LogP contribution in [0.25, 0.3) is 0 Å². The Labute approximate surface area is 133 Å². The lowest BCUT2D eigenvalue weighted by Crippen LogP contribution is -2.73. The molecule has 1 aromatic carbocycles. The summed E-state index contributed by atoms with van der Waals surface area (Å²) in [6, 6.07) is 1.23. The van der Waals surface area contributed by atoms with Crippen LogP contribution in [0.5, 0.6) is 0 Å². The average Bonchev–Trinajstić information content (AvgIpc) is 2.46. The Kier molecular flexibility index (Phi) is 4.70. The lowest BCUT2D eigenvalue weighted by molar-refractivity contribution is -0.294. The first-order valence-electron chi connectivity index (χ1n) is 6.90. The molecule has 2 rings (SSSR count). The second-order valence-corrected chi connectivity index (χ2v) is 5.12. The Balaban J connectivity index is 2.55. The molecule has 0 radical (unpaired) electrons. The number of hydrogen-bond acceptors (Lipinski definition) is 4. The van der Waals surface area contributed by atoms with Crippen LogP contribution < -0.4 is 10.6 Å². The Bertz CT molecular complexity index is 635. The Hall–Kier alpha value is -2.36. The van der Waals surface area contributed by atoms with Crippen LogP contribution in [0, 0.1) is 11.7 Å². The van der Waals surface area contributed by atoms with Crippen molar-refractivity contribution in [3.8, 4) is 0 Å². The van der Waals surface area contributed by atoms with Gasteiger partial charge in [0.15, 0.2) is 0 Å². The van der Waals surface area contributed by atoms with Crippen molar-refractivity contribution in [1.29, 1.82) is 0 Å². The first-order valence-corrected chi connectivity index (χ1v) is 6.90. The molecule has 2 amide bonds. The van der Waals surface area contributed by atoms with Gasteiger partial charge in [0.2, 0.25) is 0 Å². The molecule has 0 saturated carbocycles. The molecule has 1 heterocycles.